The minimum absolute atomic E-state index is 0.0795. The zero-order valence-corrected chi connectivity index (χ0v) is 11.2. The summed E-state index contributed by atoms with van der Waals surface area (Å²) in [5.74, 6) is -0.281. The molecule has 1 aliphatic rings. The van der Waals surface area contributed by atoms with Crippen LogP contribution in [0.1, 0.15) is 25.3 Å². The van der Waals surface area contributed by atoms with Crippen LogP contribution in [0.2, 0.25) is 5.02 Å². The van der Waals surface area contributed by atoms with Crippen molar-refractivity contribution in [2.24, 2.45) is 5.41 Å². The molecule has 1 N–H and O–H groups in total. The van der Waals surface area contributed by atoms with Crippen LogP contribution in [0.25, 0.3) is 0 Å². The van der Waals surface area contributed by atoms with E-state index in [1.165, 1.54) is 18.2 Å². The van der Waals surface area contributed by atoms with Gasteiger partial charge in [-0.3, -0.25) is 4.79 Å². The quantitative estimate of drug-likeness (QED) is 0.914. The number of carbonyl (C=O) groups is 1. The molecule has 1 saturated heterocycles. The fraction of sp³-hybridized carbons (Fsp3) is 0.500. The van der Waals surface area contributed by atoms with E-state index in [-0.39, 0.29) is 23.4 Å². The first kappa shape index (κ1) is 13.5. The molecule has 1 fully saturated rings. The van der Waals surface area contributed by atoms with Gasteiger partial charge in [0.15, 0.2) is 0 Å². The van der Waals surface area contributed by atoms with E-state index in [0.29, 0.717) is 17.1 Å². The van der Waals surface area contributed by atoms with Crippen molar-refractivity contribution in [1.82, 2.24) is 5.32 Å². The molecule has 0 amide bonds. The van der Waals surface area contributed by atoms with Crippen LogP contribution in [0, 0.1) is 11.2 Å². The van der Waals surface area contributed by atoms with E-state index in [4.69, 9.17) is 11.6 Å². The third-order valence-electron chi connectivity index (χ3n) is 3.63. The lowest BCUT2D eigenvalue weighted by Crippen LogP contribution is -2.44. The van der Waals surface area contributed by atoms with Crippen molar-refractivity contribution < 1.29 is 9.18 Å². The highest BCUT2D eigenvalue weighted by Crippen LogP contribution is 2.28. The number of ketones is 1. The summed E-state index contributed by atoms with van der Waals surface area (Å²) in [5, 5.41) is 3.69. The molecule has 1 atom stereocenters. The maximum absolute atomic E-state index is 13.6. The summed E-state index contributed by atoms with van der Waals surface area (Å²) in [6, 6.07) is 4.34. The van der Waals surface area contributed by atoms with Gasteiger partial charge in [0.1, 0.15) is 11.6 Å². The average Bonchev–Trinajstić information content (AvgIpc) is 2.35. The van der Waals surface area contributed by atoms with Crippen LogP contribution in [0.5, 0.6) is 0 Å². The number of benzene rings is 1. The second-order valence-corrected chi connectivity index (χ2v) is 5.61. The Bertz CT molecular complexity index is 455. The van der Waals surface area contributed by atoms with E-state index in [1.807, 2.05) is 6.92 Å². The molecule has 0 radical (unpaired) electrons. The van der Waals surface area contributed by atoms with Crippen molar-refractivity contribution in [3.8, 4) is 0 Å². The second-order valence-electron chi connectivity index (χ2n) is 5.18. The Morgan fingerprint density at radius 3 is 3.00 bits per heavy atom. The van der Waals surface area contributed by atoms with Gasteiger partial charge in [0.05, 0.1) is 0 Å². The van der Waals surface area contributed by atoms with Crippen LogP contribution in [0.4, 0.5) is 4.39 Å². The van der Waals surface area contributed by atoms with Crippen molar-refractivity contribution in [1.29, 1.82) is 0 Å². The van der Waals surface area contributed by atoms with Crippen LogP contribution < -0.4 is 5.32 Å². The summed E-state index contributed by atoms with van der Waals surface area (Å²) < 4.78 is 13.6. The van der Waals surface area contributed by atoms with Gasteiger partial charge in [-0.2, -0.15) is 0 Å². The molecule has 2 rings (SSSR count). The lowest BCUT2D eigenvalue weighted by Gasteiger charge is -2.32. The molecule has 2 nitrogen and oxygen atoms in total. The third-order valence-corrected chi connectivity index (χ3v) is 3.86. The van der Waals surface area contributed by atoms with Gasteiger partial charge in [0.25, 0.3) is 0 Å². The molecule has 0 spiro atoms. The van der Waals surface area contributed by atoms with Crippen molar-refractivity contribution in [3.63, 3.8) is 0 Å². The van der Waals surface area contributed by atoms with Crippen LogP contribution in [-0.4, -0.2) is 18.9 Å². The smallest absolute Gasteiger partial charge is 0.144 e. The molecule has 98 valence electrons. The van der Waals surface area contributed by atoms with E-state index >= 15 is 0 Å². The van der Waals surface area contributed by atoms with Crippen molar-refractivity contribution >= 4 is 17.4 Å². The van der Waals surface area contributed by atoms with Gasteiger partial charge >= 0.3 is 0 Å². The van der Waals surface area contributed by atoms with E-state index in [9.17, 15) is 9.18 Å². The van der Waals surface area contributed by atoms with Crippen LogP contribution in [0.15, 0.2) is 18.2 Å². The average molecular weight is 270 g/mol. The van der Waals surface area contributed by atoms with Gasteiger partial charge in [0, 0.05) is 23.4 Å². The normalized spacial score (nSPS) is 23.9. The molecule has 1 heterocycles. The molecule has 0 aliphatic carbocycles. The molecule has 1 unspecified atom stereocenters. The summed E-state index contributed by atoms with van der Waals surface area (Å²) >= 11 is 5.83. The van der Waals surface area contributed by atoms with Gasteiger partial charge in [0.2, 0.25) is 0 Å². The first-order valence-electron chi connectivity index (χ1n) is 6.19. The first-order chi connectivity index (χ1) is 8.51. The molecular formula is C14H17ClFNO. The van der Waals surface area contributed by atoms with Crippen molar-refractivity contribution in [2.45, 2.75) is 26.2 Å². The number of hydrogen-bond donors (Lipinski definition) is 1. The Labute approximate surface area is 112 Å². The van der Waals surface area contributed by atoms with Crippen molar-refractivity contribution in [3.05, 3.63) is 34.6 Å². The van der Waals surface area contributed by atoms with Gasteiger partial charge in [-0.1, -0.05) is 18.5 Å². The molecule has 0 bridgehead atoms. The molecule has 18 heavy (non-hydrogen) atoms. The topological polar surface area (TPSA) is 29.1 Å². The molecule has 1 aliphatic heterocycles. The highest BCUT2D eigenvalue weighted by molar-refractivity contribution is 6.30. The van der Waals surface area contributed by atoms with Gasteiger partial charge in [-0.25, -0.2) is 4.39 Å². The SMILES string of the molecule is CC1(C(=O)Cc2cc(Cl)ccc2F)CCCNC1. The molecule has 0 aromatic heterocycles. The Morgan fingerprint density at radius 1 is 1.56 bits per heavy atom. The van der Waals surface area contributed by atoms with Crippen LogP contribution in [0.3, 0.4) is 0 Å². The number of halogens is 2. The van der Waals surface area contributed by atoms with E-state index in [1.54, 1.807) is 0 Å². The molecule has 4 heteroatoms. The number of Topliss-reactive ketones (excluding diaryl/α,β-unsaturated/α-hetero) is 1. The molecule has 1 aromatic carbocycles. The zero-order valence-electron chi connectivity index (χ0n) is 10.4. The summed E-state index contributed by atoms with van der Waals surface area (Å²) in [6.45, 7) is 3.58. The molecule has 0 saturated carbocycles. The first-order valence-corrected chi connectivity index (χ1v) is 6.57. The number of rotatable bonds is 3. The summed E-state index contributed by atoms with van der Waals surface area (Å²) in [4.78, 5) is 12.3. The third kappa shape index (κ3) is 2.90. The van der Waals surface area contributed by atoms with E-state index < -0.39 is 0 Å². The Kier molecular flexibility index (Phi) is 4.03. The summed E-state index contributed by atoms with van der Waals surface area (Å²) in [5.41, 5.74) is 0.00630. The predicted molar refractivity (Wildman–Crippen MR) is 70.3 cm³/mol. The van der Waals surface area contributed by atoms with E-state index in [2.05, 4.69) is 5.32 Å². The fourth-order valence-corrected chi connectivity index (χ4v) is 2.55. The standard InChI is InChI=1S/C14H17ClFNO/c1-14(5-2-6-17-9-14)13(18)8-10-7-11(15)3-4-12(10)16/h3-4,7,17H,2,5-6,8-9H2,1H3. The van der Waals surface area contributed by atoms with Gasteiger partial charge < -0.3 is 5.32 Å². The zero-order chi connectivity index (χ0) is 13.2. The maximum atomic E-state index is 13.6. The predicted octanol–water partition coefficient (Wildman–Crippen LogP) is 2.98. The van der Waals surface area contributed by atoms with Crippen LogP contribution >= 0.6 is 11.6 Å². The highest BCUT2D eigenvalue weighted by atomic mass is 35.5. The second kappa shape index (κ2) is 5.37. The monoisotopic (exact) mass is 269 g/mol. The number of piperidine rings is 1. The Hall–Kier alpha value is -0.930. The minimum Gasteiger partial charge on any atom is -0.316 e. The largest absolute Gasteiger partial charge is 0.316 e. The Balaban J connectivity index is 2.13. The Morgan fingerprint density at radius 2 is 2.33 bits per heavy atom. The summed E-state index contributed by atoms with van der Waals surface area (Å²) in [7, 11) is 0. The maximum Gasteiger partial charge on any atom is 0.144 e. The number of hydrogen-bond acceptors (Lipinski definition) is 2. The lowest BCUT2D eigenvalue weighted by molar-refractivity contribution is -0.128. The highest BCUT2D eigenvalue weighted by Gasteiger charge is 2.34. The molecular weight excluding hydrogens is 253 g/mol. The fourth-order valence-electron chi connectivity index (χ4n) is 2.36. The number of nitrogens with one attached hydrogen (secondary N) is 1. The minimum atomic E-state index is -0.382. The lowest BCUT2D eigenvalue weighted by atomic mass is 9.77. The van der Waals surface area contributed by atoms with Crippen molar-refractivity contribution in [2.75, 3.05) is 13.1 Å². The molecule has 1 aromatic rings. The van der Waals surface area contributed by atoms with E-state index in [0.717, 1.165) is 19.4 Å². The van der Waals surface area contributed by atoms with Crippen LogP contribution in [-0.2, 0) is 11.2 Å². The van der Waals surface area contributed by atoms with Gasteiger partial charge in [-0.15, -0.1) is 0 Å². The van der Waals surface area contributed by atoms with Gasteiger partial charge in [-0.05, 0) is 43.1 Å². The summed E-state index contributed by atoms with van der Waals surface area (Å²) in [6.07, 6.45) is 1.96. The number of carbonyl (C=O) groups excluding carboxylic acids is 1.